The first-order valence-electron chi connectivity index (χ1n) is 7.10. The third-order valence-corrected chi connectivity index (χ3v) is 3.26. The van der Waals surface area contributed by atoms with Crippen LogP contribution in [0.3, 0.4) is 0 Å². The van der Waals surface area contributed by atoms with Crippen molar-refractivity contribution in [1.29, 1.82) is 0 Å². The fourth-order valence-electron chi connectivity index (χ4n) is 2.04. The number of aromatic amines is 2. The summed E-state index contributed by atoms with van der Waals surface area (Å²) in [7, 11) is 1.54. The van der Waals surface area contributed by atoms with E-state index in [9.17, 15) is 14.4 Å². The van der Waals surface area contributed by atoms with Gasteiger partial charge in [0.25, 0.3) is 5.91 Å². The van der Waals surface area contributed by atoms with E-state index in [-0.39, 0.29) is 23.2 Å². The molecule has 0 aromatic carbocycles. The Kier molecular flexibility index (Phi) is 4.85. The highest BCUT2D eigenvalue weighted by atomic mass is 16.4. The van der Waals surface area contributed by atoms with E-state index in [0.29, 0.717) is 17.8 Å². The van der Waals surface area contributed by atoms with Crippen LogP contribution < -0.4 is 10.2 Å². The first-order valence-corrected chi connectivity index (χ1v) is 7.10. The molecule has 8 heteroatoms. The average Bonchev–Trinajstić information content (AvgIpc) is 3.15. The summed E-state index contributed by atoms with van der Waals surface area (Å²) in [5.41, 5.74) is 1.23. The van der Waals surface area contributed by atoms with Crippen LogP contribution in [0.25, 0.3) is 0 Å². The number of anilines is 2. The van der Waals surface area contributed by atoms with Gasteiger partial charge in [-0.3, -0.25) is 9.59 Å². The number of H-pyrrole nitrogens is 2. The number of carbonyl (C=O) groups excluding carboxylic acids is 2. The fourth-order valence-corrected chi connectivity index (χ4v) is 2.04. The van der Waals surface area contributed by atoms with E-state index in [0.717, 1.165) is 6.42 Å². The quantitative estimate of drug-likeness (QED) is 0.652. The predicted octanol–water partition coefficient (Wildman–Crippen LogP) is 2.06. The van der Waals surface area contributed by atoms with E-state index in [2.05, 4.69) is 15.3 Å². The normalized spacial score (nSPS) is 10.3. The minimum Gasteiger partial charge on any atom is -0.477 e. The molecule has 2 rings (SSSR count). The molecular weight excluding hydrogens is 300 g/mol. The van der Waals surface area contributed by atoms with Gasteiger partial charge in [-0.25, -0.2) is 4.79 Å². The zero-order valence-corrected chi connectivity index (χ0v) is 12.8. The van der Waals surface area contributed by atoms with Crippen molar-refractivity contribution in [1.82, 2.24) is 9.97 Å². The smallest absolute Gasteiger partial charge is 0.352 e. The minimum atomic E-state index is -1.10. The Morgan fingerprint density at radius 3 is 2.48 bits per heavy atom. The van der Waals surface area contributed by atoms with Crippen molar-refractivity contribution < 1.29 is 19.5 Å². The Labute approximate surface area is 132 Å². The predicted molar refractivity (Wildman–Crippen MR) is 84.8 cm³/mol. The van der Waals surface area contributed by atoms with E-state index in [1.165, 1.54) is 36.5 Å². The number of hydrogen-bond acceptors (Lipinski definition) is 3. The van der Waals surface area contributed by atoms with Crippen molar-refractivity contribution in [2.75, 3.05) is 17.3 Å². The molecule has 23 heavy (non-hydrogen) atoms. The number of aromatic nitrogens is 2. The van der Waals surface area contributed by atoms with Crippen LogP contribution in [0.15, 0.2) is 24.5 Å². The monoisotopic (exact) mass is 318 g/mol. The molecule has 2 heterocycles. The van der Waals surface area contributed by atoms with E-state index >= 15 is 0 Å². The van der Waals surface area contributed by atoms with Crippen LogP contribution in [0.4, 0.5) is 11.4 Å². The van der Waals surface area contributed by atoms with Crippen LogP contribution in [0, 0.1) is 0 Å². The molecule has 0 aliphatic rings. The fraction of sp³-hybridized carbons (Fsp3) is 0.267. The lowest BCUT2D eigenvalue weighted by Crippen LogP contribution is -2.26. The zero-order chi connectivity index (χ0) is 17.0. The standard InChI is InChI=1S/C15H18N4O4/c1-3-4-13(20)18-9-5-11(16-7-9)14(21)19(2)10-6-12(15(22)23)17-8-10/h5-8,16-17H,3-4H2,1-2H3,(H,18,20)(H,22,23). The van der Waals surface area contributed by atoms with E-state index in [1.807, 2.05) is 6.92 Å². The maximum Gasteiger partial charge on any atom is 0.352 e. The summed E-state index contributed by atoms with van der Waals surface area (Å²) in [4.78, 5) is 41.4. The van der Waals surface area contributed by atoms with Crippen molar-refractivity contribution >= 4 is 29.2 Å². The SMILES string of the molecule is CCCC(=O)Nc1c[nH]c(C(=O)N(C)c2c[nH]c(C(=O)O)c2)c1. The molecule has 122 valence electrons. The summed E-state index contributed by atoms with van der Waals surface area (Å²) in [5.74, 6) is -1.56. The summed E-state index contributed by atoms with van der Waals surface area (Å²) >= 11 is 0. The Balaban J connectivity index is 2.08. The molecule has 4 N–H and O–H groups in total. The first-order chi connectivity index (χ1) is 10.9. The molecule has 0 bridgehead atoms. The number of carbonyl (C=O) groups is 3. The van der Waals surface area contributed by atoms with Gasteiger partial charge in [0, 0.05) is 25.9 Å². The van der Waals surface area contributed by atoms with Gasteiger partial charge in [-0.15, -0.1) is 0 Å². The molecule has 0 aliphatic heterocycles. The van der Waals surface area contributed by atoms with Crippen molar-refractivity contribution in [2.24, 2.45) is 0 Å². The van der Waals surface area contributed by atoms with E-state index < -0.39 is 5.97 Å². The molecule has 0 saturated carbocycles. The van der Waals surface area contributed by atoms with Crippen LogP contribution in [0.5, 0.6) is 0 Å². The highest BCUT2D eigenvalue weighted by Crippen LogP contribution is 2.18. The van der Waals surface area contributed by atoms with Gasteiger partial charge < -0.3 is 25.3 Å². The van der Waals surface area contributed by atoms with Gasteiger partial charge >= 0.3 is 5.97 Å². The Hall–Kier alpha value is -3.03. The number of aromatic carboxylic acids is 1. The second-order valence-corrected chi connectivity index (χ2v) is 5.04. The molecule has 2 aromatic rings. The molecule has 2 amide bonds. The van der Waals surface area contributed by atoms with Crippen LogP contribution in [0.1, 0.15) is 40.7 Å². The van der Waals surface area contributed by atoms with Gasteiger partial charge in [0.15, 0.2) is 0 Å². The number of nitrogens with zero attached hydrogens (tertiary/aromatic N) is 1. The largest absolute Gasteiger partial charge is 0.477 e. The van der Waals surface area contributed by atoms with E-state index in [4.69, 9.17) is 5.11 Å². The van der Waals surface area contributed by atoms with Crippen LogP contribution in [-0.2, 0) is 4.79 Å². The molecule has 0 radical (unpaired) electrons. The van der Waals surface area contributed by atoms with E-state index in [1.54, 1.807) is 0 Å². The van der Waals surface area contributed by atoms with Crippen LogP contribution in [0.2, 0.25) is 0 Å². The summed E-state index contributed by atoms with van der Waals surface area (Å²) in [5, 5.41) is 11.6. The second-order valence-electron chi connectivity index (χ2n) is 5.04. The third kappa shape index (κ3) is 3.79. The number of rotatable bonds is 6. The lowest BCUT2D eigenvalue weighted by molar-refractivity contribution is -0.116. The molecular formula is C15H18N4O4. The minimum absolute atomic E-state index is 0.00125. The summed E-state index contributed by atoms with van der Waals surface area (Å²) in [6.07, 6.45) is 4.13. The van der Waals surface area contributed by atoms with Crippen molar-refractivity contribution in [3.8, 4) is 0 Å². The van der Waals surface area contributed by atoms with Crippen molar-refractivity contribution in [3.63, 3.8) is 0 Å². The number of carboxylic acids is 1. The Morgan fingerprint density at radius 2 is 1.87 bits per heavy atom. The van der Waals surface area contributed by atoms with Gasteiger partial charge in [-0.2, -0.15) is 0 Å². The number of nitrogens with one attached hydrogen (secondary N) is 3. The number of amides is 2. The second kappa shape index (κ2) is 6.82. The van der Waals surface area contributed by atoms with Gasteiger partial charge in [0.2, 0.25) is 5.91 Å². The molecule has 2 aromatic heterocycles. The molecule has 8 nitrogen and oxygen atoms in total. The highest BCUT2D eigenvalue weighted by Gasteiger charge is 2.18. The van der Waals surface area contributed by atoms with Gasteiger partial charge in [0.05, 0.1) is 11.4 Å². The van der Waals surface area contributed by atoms with Crippen LogP contribution in [-0.4, -0.2) is 39.9 Å². The van der Waals surface area contributed by atoms with Gasteiger partial charge in [-0.05, 0) is 18.6 Å². The zero-order valence-electron chi connectivity index (χ0n) is 12.8. The number of carboxylic acid groups (broad SMARTS) is 1. The molecule has 0 spiro atoms. The van der Waals surface area contributed by atoms with Gasteiger partial charge in [-0.1, -0.05) is 6.92 Å². The lowest BCUT2D eigenvalue weighted by Gasteiger charge is -2.13. The summed E-state index contributed by atoms with van der Waals surface area (Å²) < 4.78 is 0. The Morgan fingerprint density at radius 1 is 1.17 bits per heavy atom. The molecule has 0 atom stereocenters. The summed E-state index contributed by atoms with van der Waals surface area (Å²) in [6.45, 7) is 1.91. The van der Waals surface area contributed by atoms with Gasteiger partial charge in [0.1, 0.15) is 11.4 Å². The summed E-state index contributed by atoms with van der Waals surface area (Å²) in [6, 6.07) is 2.91. The van der Waals surface area contributed by atoms with Crippen molar-refractivity contribution in [2.45, 2.75) is 19.8 Å². The topological polar surface area (TPSA) is 118 Å². The molecule has 0 saturated heterocycles. The molecule has 0 unspecified atom stereocenters. The maximum atomic E-state index is 12.4. The molecule has 0 fully saturated rings. The number of hydrogen-bond donors (Lipinski definition) is 4. The average molecular weight is 318 g/mol. The highest BCUT2D eigenvalue weighted by molar-refractivity contribution is 6.06. The van der Waals surface area contributed by atoms with Crippen molar-refractivity contribution in [3.05, 3.63) is 35.9 Å². The first kappa shape index (κ1) is 16.3. The van der Waals surface area contributed by atoms with Crippen LogP contribution >= 0.6 is 0 Å². The molecule has 0 aliphatic carbocycles. The Bertz CT molecular complexity index is 731. The maximum absolute atomic E-state index is 12.4. The third-order valence-electron chi connectivity index (χ3n) is 3.26. The lowest BCUT2D eigenvalue weighted by atomic mass is 10.3.